The number of aromatic nitrogens is 2. The first-order valence-electron chi connectivity index (χ1n) is 17.6. The largest absolute Gasteiger partial charge is 1.00 e. The maximum absolute atomic E-state index is 13.0. The Hall–Kier alpha value is -5.77. The molecule has 2 aliphatic rings. The summed E-state index contributed by atoms with van der Waals surface area (Å²) in [5.74, 6) is 1.16. The van der Waals surface area contributed by atoms with Crippen LogP contribution in [-0.4, -0.2) is 40.9 Å². The second kappa shape index (κ2) is 19.5. The van der Waals surface area contributed by atoms with Gasteiger partial charge in [-0.15, -0.1) is 0 Å². The minimum Gasteiger partial charge on any atom is -0.492 e. The molecule has 2 aliphatic heterocycles. The number of nitrogens with zero attached hydrogens (tertiary/aromatic N) is 5. The zero-order valence-corrected chi connectivity index (χ0v) is 33.1. The van der Waals surface area contributed by atoms with E-state index in [2.05, 4.69) is 77.7 Å². The third-order valence-corrected chi connectivity index (χ3v) is 9.19. The number of hydrogen-bond donors (Lipinski definition) is 1. The Morgan fingerprint density at radius 2 is 1.11 bits per heavy atom. The predicted molar refractivity (Wildman–Crippen MR) is 209 cm³/mol. The molecule has 4 heterocycles. The third kappa shape index (κ3) is 10.7. The van der Waals surface area contributed by atoms with Crippen LogP contribution in [0.1, 0.15) is 43.2 Å². The molecule has 0 bridgehead atoms. The number of Topliss-reactive ketones (excluding diaryl/α,β-unsaturated/α-hetero) is 1. The van der Waals surface area contributed by atoms with Crippen molar-refractivity contribution in [3.05, 3.63) is 183 Å². The average Bonchev–Trinajstić information content (AvgIpc) is 3.35. The van der Waals surface area contributed by atoms with Crippen molar-refractivity contribution < 1.29 is 48.6 Å². The zero-order chi connectivity index (χ0) is 37.9. The quantitative estimate of drug-likeness (QED) is 0.0938. The average molecular weight is 739 g/mol. The van der Waals surface area contributed by atoms with Crippen LogP contribution in [0.4, 0.5) is 0 Å². The molecule has 0 saturated heterocycles. The predicted octanol–water partition coefficient (Wildman–Crippen LogP) is 6.15. The SMILES string of the molecule is Cc1ccc(-c2ccc3c(c2)C(=O)C(Cc2ccccn2)CO3)cc1.Cc1ccc(-c2ccc3c(c2)C(=O)NC(Cc2ccccn2)CO3)cc1.[N-]=[N+]=[N-].[Na+]. The molecule has 4 aromatic carbocycles. The van der Waals surface area contributed by atoms with Crippen molar-refractivity contribution in [1.82, 2.24) is 15.3 Å². The smallest absolute Gasteiger partial charge is 0.492 e. The van der Waals surface area contributed by atoms with Crippen molar-refractivity contribution in [3.63, 3.8) is 0 Å². The third-order valence-electron chi connectivity index (χ3n) is 9.19. The zero-order valence-electron chi connectivity index (χ0n) is 31.1. The van der Waals surface area contributed by atoms with E-state index in [9.17, 15) is 9.59 Å². The Balaban J connectivity index is 0.000000194. The van der Waals surface area contributed by atoms with Crippen LogP contribution in [-0.2, 0) is 12.8 Å². The van der Waals surface area contributed by atoms with Crippen molar-refractivity contribution in [2.45, 2.75) is 32.7 Å². The van der Waals surface area contributed by atoms with E-state index in [0.29, 0.717) is 48.7 Å². The van der Waals surface area contributed by atoms with Crippen LogP contribution in [0.3, 0.4) is 0 Å². The van der Waals surface area contributed by atoms with Gasteiger partial charge in [-0.25, -0.2) is 0 Å². The van der Waals surface area contributed by atoms with Gasteiger partial charge in [0.25, 0.3) is 5.91 Å². The number of ketones is 1. The Kier molecular flexibility index (Phi) is 14.3. The van der Waals surface area contributed by atoms with Gasteiger partial charge in [-0.2, -0.15) is 0 Å². The molecular weight excluding hydrogens is 700 g/mol. The van der Waals surface area contributed by atoms with E-state index in [1.54, 1.807) is 12.4 Å². The fraction of sp³-hybridized carbons (Fsp3) is 0.182. The second-order valence-corrected chi connectivity index (χ2v) is 13.1. The monoisotopic (exact) mass is 738 g/mol. The van der Waals surface area contributed by atoms with Gasteiger partial charge in [-0.05, 0) is 84.6 Å². The molecule has 2 aromatic heterocycles. The molecule has 1 N–H and O–H groups in total. The summed E-state index contributed by atoms with van der Waals surface area (Å²) in [5.41, 5.74) is 23.3. The standard InChI is InChI=1S/C22H20N2O2.C22H19NO2.N3.Na/c1-15-5-7-16(8-6-15)17-9-10-21-20(12-17)22(25)24-19(14-26-21)13-18-4-2-3-11-23-18;1-15-5-7-16(8-6-15)17-9-10-21-20(13-17)22(24)18(14-25-21)12-19-4-2-3-11-23-19;1-3-2;/h2-12,19H,13-14H2,1H3,(H,24,25);2-11,13,18H,12,14H2,1H3;;/q;;-1;+1. The van der Waals surface area contributed by atoms with E-state index < -0.39 is 0 Å². The minimum absolute atomic E-state index is 0. The number of amides is 1. The molecule has 0 spiro atoms. The number of ether oxygens (including phenoxy) is 2. The number of carbonyl (C=O) groups excluding carboxylic acids is 2. The minimum atomic E-state index is -0.185. The Labute approximate surface area is 342 Å². The van der Waals surface area contributed by atoms with Gasteiger partial charge in [0.05, 0.1) is 29.7 Å². The first kappa shape index (κ1) is 40.4. The van der Waals surface area contributed by atoms with Gasteiger partial charge in [0.15, 0.2) is 5.78 Å². The van der Waals surface area contributed by atoms with E-state index in [1.165, 1.54) is 16.0 Å². The van der Waals surface area contributed by atoms with Crippen LogP contribution in [0.2, 0.25) is 0 Å². The topological polar surface area (TPSA) is 149 Å². The summed E-state index contributed by atoms with van der Waals surface area (Å²) in [5, 5.41) is 3.07. The first-order valence-corrected chi connectivity index (χ1v) is 17.6. The summed E-state index contributed by atoms with van der Waals surface area (Å²) >= 11 is 0. The number of benzene rings is 4. The van der Waals surface area contributed by atoms with Gasteiger partial charge in [0, 0.05) is 36.6 Å². The van der Waals surface area contributed by atoms with E-state index in [1.807, 2.05) is 72.8 Å². The van der Waals surface area contributed by atoms with Crippen molar-refractivity contribution >= 4 is 11.7 Å². The van der Waals surface area contributed by atoms with Gasteiger partial charge in [0.1, 0.15) is 18.1 Å². The van der Waals surface area contributed by atoms with Gasteiger partial charge < -0.3 is 25.9 Å². The molecule has 0 aliphatic carbocycles. The molecule has 0 fully saturated rings. The Morgan fingerprint density at radius 1 is 0.636 bits per heavy atom. The molecule has 10 nitrogen and oxygen atoms in total. The Morgan fingerprint density at radius 3 is 1.64 bits per heavy atom. The van der Waals surface area contributed by atoms with Crippen LogP contribution >= 0.6 is 0 Å². The number of fused-ring (bicyclic) bond motifs is 2. The summed E-state index contributed by atoms with van der Waals surface area (Å²) in [6.07, 6.45) is 4.77. The molecule has 0 saturated carbocycles. The second-order valence-electron chi connectivity index (χ2n) is 13.1. The summed E-state index contributed by atoms with van der Waals surface area (Å²) < 4.78 is 11.7. The Bertz CT molecular complexity index is 2250. The first-order chi connectivity index (χ1) is 26.3. The van der Waals surface area contributed by atoms with E-state index in [0.717, 1.165) is 33.6 Å². The van der Waals surface area contributed by atoms with Crippen LogP contribution < -0.4 is 44.3 Å². The number of aryl methyl sites for hydroxylation is 2. The molecule has 11 heteroatoms. The van der Waals surface area contributed by atoms with Crippen molar-refractivity contribution in [3.8, 4) is 33.8 Å². The summed E-state index contributed by atoms with van der Waals surface area (Å²) in [6, 6.07) is 39.7. The summed E-state index contributed by atoms with van der Waals surface area (Å²) in [6.45, 7) is 4.96. The molecule has 2 unspecified atom stereocenters. The maximum Gasteiger partial charge on any atom is 1.00 e. The van der Waals surface area contributed by atoms with Gasteiger partial charge in [-0.3, -0.25) is 24.5 Å². The van der Waals surface area contributed by atoms with Gasteiger partial charge in [0.2, 0.25) is 0 Å². The molecule has 55 heavy (non-hydrogen) atoms. The van der Waals surface area contributed by atoms with Crippen LogP contribution in [0, 0.1) is 19.8 Å². The van der Waals surface area contributed by atoms with E-state index >= 15 is 0 Å². The molecular formula is C44H39N6NaO4. The number of pyridine rings is 2. The molecule has 6 aromatic rings. The molecule has 8 rings (SSSR count). The summed E-state index contributed by atoms with van der Waals surface area (Å²) in [7, 11) is 0. The number of rotatable bonds is 6. The van der Waals surface area contributed by atoms with Crippen LogP contribution in [0.5, 0.6) is 11.5 Å². The van der Waals surface area contributed by atoms with E-state index in [-0.39, 0.29) is 53.2 Å². The number of carbonyl (C=O) groups is 2. The summed E-state index contributed by atoms with van der Waals surface area (Å²) in [4.78, 5) is 35.8. The van der Waals surface area contributed by atoms with Crippen molar-refractivity contribution in [1.29, 1.82) is 0 Å². The molecule has 2 atom stereocenters. The molecule has 1 amide bonds. The van der Waals surface area contributed by atoms with Gasteiger partial charge in [-0.1, -0.05) is 83.9 Å². The van der Waals surface area contributed by atoms with Gasteiger partial charge >= 0.3 is 29.6 Å². The van der Waals surface area contributed by atoms with Crippen molar-refractivity contribution in [2.24, 2.45) is 5.92 Å². The number of nitrogens with one attached hydrogen (secondary N) is 1. The molecule has 270 valence electrons. The van der Waals surface area contributed by atoms with Crippen molar-refractivity contribution in [2.75, 3.05) is 13.2 Å². The normalized spacial score (nSPS) is 15.2. The van der Waals surface area contributed by atoms with Crippen LogP contribution in [0.15, 0.2) is 134 Å². The van der Waals surface area contributed by atoms with Crippen LogP contribution in [0.25, 0.3) is 38.2 Å². The fourth-order valence-electron chi connectivity index (χ4n) is 6.32. The maximum atomic E-state index is 13.0. The van der Waals surface area contributed by atoms with E-state index in [4.69, 9.17) is 20.5 Å². The molecule has 0 radical (unpaired) electrons. The fourth-order valence-corrected chi connectivity index (χ4v) is 6.32. The number of hydrogen-bond acceptors (Lipinski definition) is 6.